The summed E-state index contributed by atoms with van der Waals surface area (Å²) in [4.78, 5) is 25.0. The van der Waals surface area contributed by atoms with Crippen molar-refractivity contribution in [2.75, 3.05) is 18.9 Å². The molecule has 6 nitrogen and oxygen atoms in total. The van der Waals surface area contributed by atoms with Crippen molar-refractivity contribution in [2.24, 2.45) is 0 Å². The summed E-state index contributed by atoms with van der Waals surface area (Å²) in [5.41, 5.74) is 0.220. The Bertz CT molecular complexity index is 663. The summed E-state index contributed by atoms with van der Waals surface area (Å²) in [6, 6.07) is 4.33. The van der Waals surface area contributed by atoms with Gasteiger partial charge in [-0.3, -0.25) is 4.79 Å². The van der Waals surface area contributed by atoms with Crippen molar-refractivity contribution in [3.05, 3.63) is 18.2 Å². The summed E-state index contributed by atoms with van der Waals surface area (Å²) in [7, 11) is 1.72. The van der Waals surface area contributed by atoms with E-state index in [9.17, 15) is 14.7 Å². The summed E-state index contributed by atoms with van der Waals surface area (Å²) >= 11 is 0. The van der Waals surface area contributed by atoms with Crippen LogP contribution in [0, 0.1) is 0 Å². The van der Waals surface area contributed by atoms with Crippen LogP contribution in [0.25, 0.3) is 0 Å². The third-order valence-corrected chi connectivity index (χ3v) is 5.64. The number of carbonyl (C=O) groups excluding carboxylic acids is 2. The second kappa shape index (κ2) is 17.3. The first kappa shape index (κ1) is 27.8. The van der Waals surface area contributed by atoms with Crippen LogP contribution in [0.2, 0.25) is 0 Å². The first-order valence-corrected chi connectivity index (χ1v) is 12.5. The summed E-state index contributed by atoms with van der Waals surface area (Å²) in [5.74, 6) is -0.0983. The number of rotatable bonds is 17. The van der Waals surface area contributed by atoms with E-state index in [1.807, 2.05) is 0 Å². The smallest absolute Gasteiger partial charge is 0.414 e. The largest absolute Gasteiger partial charge is 0.506 e. The highest BCUT2D eigenvalue weighted by atomic mass is 16.6. The van der Waals surface area contributed by atoms with Crippen LogP contribution in [-0.4, -0.2) is 35.6 Å². The maximum Gasteiger partial charge on any atom is 0.414 e. The number of unbranched alkanes of at least 4 members (excludes halogenated alkanes) is 13. The van der Waals surface area contributed by atoms with Gasteiger partial charge >= 0.3 is 6.09 Å². The molecule has 2 N–H and O–H groups in total. The molecule has 32 heavy (non-hydrogen) atoms. The number of hydrogen-bond acceptors (Lipinski definition) is 4. The molecule has 1 aromatic rings. The highest BCUT2D eigenvalue weighted by Crippen LogP contribution is 2.28. The SMILES string of the molecule is CCCCCCCCCCCCCCCCN(C)C(=O)Oc1ccc(O)c(NC(C)=O)c1. The van der Waals surface area contributed by atoms with Crippen LogP contribution >= 0.6 is 0 Å². The Morgan fingerprint density at radius 2 is 1.38 bits per heavy atom. The molecule has 0 aliphatic rings. The molecule has 0 heterocycles. The fourth-order valence-electron chi connectivity index (χ4n) is 3.68. The van der Waals surface area contributed by atoms with Gasteiger partial charge in [-0.1, -0.05) is 90.4 Å². The Labute approximate surface area is 194 Å². The van der Waals surface area contributed by atoms with Gasteiger partial charge in [0.15, 0.2) is 0 Å². The van der Waals surface area contributed by atoms with Gasteiger partial charge in [-0.15, -0.1) is 0 Å². The van der Waals surface area contributed by atoms with Gasteiger partial charge < -0.3 is 20.1 Å². The van der Waals surface area contributed by atoms with Crippen molar-refractivity contribution in [1.29, 1.82) is 0 Å². The fraction of sp³-hybridized carbons (Fsp3) is 0.692. The van der Waals surface area contributed by atoms with Gasteiger partial charge in [0.05, 0.1) is 5.69 Å². The normalized spacial score (nSPS) is 10.7. The molecule has 0 aliphatic heterocycles. The number of amides is 2. The van der Waals surface area contributed by atoms with E-state index in [0.29, 0.717) is 6.54 Å². The summed E-state index contributed by atoms with van der Waals surface area (Å²) in [6.07, 6.45) is 17.8. The predicted octanol–water partition coefficient (Wildman–Crippen LogP) is 7.26. The minimum atomic E-state index is -0.445. The molecule has 0 bridgehead atoms. The van der Waals surface area contributed by atoms with Crippen molar-refractivity contribution in [3.63, 3.8) is 0 Å². The fourth-order valence-corrected chi connectivity index (χ4v) is 3.68. The number of aromatic hydroxyl groups is 1. The maximum absolute atomic E-state index is 12.2. The Kier molecular flexibility index (Phi) is 15.1. The van der Waals surface area contributed by atoms with Crippen LogP contribution in [-0.2, 0) is 4.79 Å². The minimum absolute atomic E-state index is 0.0734. The van der Waals surface area contributed by atoms with Crippen molar-refractivity contribution >= 4 is 17.7 Å². The minimum Gasteiger partial charge on any atom is -0.506 e. The molecule has 1 aromatic carbocycles. The molecule has 0 fully saturated rings. The zero-order valence-electron chi connectivity index (χ0n) is 20.5. The Hall–Kier alpha value is -2.24. The topological polar surface area (TPSA) is 78.9 Å². The van der Waals surface area contributed by atoms with Crippen LogP contribution in [0.3, 0.4) is 0 Å². The van der Waals surface area contributed by atoms with E-state index < -0.39 is 6.09 Å². The lowest BCUT2D eigenvalue weighted by Gasteiger charge is -2.17. The molecule has 0 unspecified atom stereocenters. The van der Waals surface area contributed by atoms with Gasteiger partial charge in [0.25, 0.3) is 0 Å². The van der Waals surface area contributed by atoms with Gasteiger partial charge in [0.1, 0.15) is 11.5 Å². The van der Waals surface area contributed by atoms with Crippen LogP contribution in [0.5, 0.6) is 11.5 Å². The molecule has 0 saturated heterocycles. The molecular weight excluding hydrogens is 404 g/mol. The molecule has 0 spiro atoms. The third-order valence-electron chi connectivity index (χ3n) is 5.64. The van der Waals surface area contributed by atoms with E-state index >= 15 is 0 Å². The average molecular weight is 449 g/mol. The van der Waals surface area contributed by atoms with Crippen molar-refractivity contribution in [2.45, 2.75) is 104 Å². The summed E-state index contributed by atoms with van der Waals surface area (Å²) < 4.78 is 5.35. The number of nitrogens with zero attached hydrogens (tertiary/aromatic N) is 1. The Balaban J connectivity index is 2.07. The number of phenolic OH excluding ortho intramolecular Hbond substituents is 1. The monoisotopic (exact) mass is 448 g/mol. The first-order valence-electron chi connectivity index (χ1n) is 12.5. The highest BCUT2D eigenvalue weighted by Gasteiger charge is 2.13. The molecular formula is C26H44N2O4. The van der Waals surface area contributed by atoms with Gasteiger partial charge in [-0.05, 0) is 18.6 Å². The molecule has 2 amide bonds. The molecule has 182 valence electrons. The number of carbonyl (C=O) groups is 2. The zero-order chi connectivity index (χ0) is 23.6. The van der Waals surface area contributed by atoms with Crippen LogP contribution < -0.4 is 10.1 Å². The molecule has 0 aromatic heterocycles. The van der Waals surface area contributed by atoms with Gasteiger partial charge in [0.2, 0.25) is 5.91 Å². The Morgan fingerprint density at radius 3 is 1.88 bits per heavy atom. The van der Waals surface area contributed by atoms with Crippen LogP contribution in [0.15, 0.2) is 18.2 Å². The second-order valence-corrected chi connectivity index (χ2v) is 8.75. The molecule has 0 aliphatic carbocycles. The highest BCUT2D eigenvalue weighted by molar-refractivity contribution is 5.90. The number of hydrogen-bond donors (Lipinski definition) is 2. The van der Waals surface area contributed by atoms with Gasteiger partial charge in [0, 0.05) is 26.6 Å². The lowest BCUT2D eigenvalue weighted by molar-refractivity contribution is -0.114. The first-order chi connectivity index (χ1) is 15.4. The van der Waals surface area contributed by atoms with Crippen molar-refractivity contribution in [3.8, 4) is 11.5 Å². The van der Waals surface area contributed by atoms with E-state index in [0.717, 1.165) is 12.8 Å². The summed E-state index contributed by atoms with van der Waals surface area (Å²) in [6.45, 7) is 4.26. The third kappa shape index (κ3) is 13.2. The number of ether oxygens (including phenoxy) is 1. The number of benzene rings is 1. The van der Waals surface area contributed by atoms with E-state index in [-0.39, 0.29) is 23.1 Å². The lowest BCUT2D eigenvalue weighted by Crippen LogP contribution is -2.30. The standard InChI is InChI=1S/C26H44N2O4/c1-4-5-6-7-8-9-10-11-12-13-14-15-16-17-20-28(3)26(31)32-23-18-19-25(30)24(21-23)27-22(2)29/h18-19,21,30H,4-17,20H2,1-3H3,(H,27,29). The molecule has 0 radical (unpaired) electrons. The van der Waals surface area contributed by atoms with Crippen molar-refractivity contribution < 1.29 is 19.4 Å². The van der Waals surface area contributed by atoms with Crippen molar-refractivity contribution in [1.82, 2.24) is 4.90 Å². The lowest BCUT2D eigenvalue weighted by atomic mass is 10.0. The predicted molar refractivity (Wildman–Crippen MR) is 131 cm³/mol. The molecule has 6 heteroatoms. The van der Waals surface area contributed by atoms with E-state index in [4.69, 9.17) is 4.74 Å². The Morgan fingerprint density at radius 1 is 0.875 bits per heavy atom. The molecule has 1 rings (SSSR count). The second-order valence-electron chi connectivity index (χ2n) is 8.75. The van der Waals surface area contributed by atoms with Gasteiger partial charge in [-0.2, -0.15) is 0 Å². The quantitative estimate of drug-likeness (QED) is 0.194. The summed E-state index contributed by atoms with van der Waals surface area (Å²) in [5, 5.41) is 12.3. The number of anilines is 1. The average Bonchev–Trinajstić information content (AvgIpc) is 2.75. The molecule has 0 saturated carbocycles. The van der Waals surface area contributed by atoms with Crippen LogP contribution in [0.1, 0.15) is 104 Å². The van der Waals surface area contributed by atoms with E-state index in [1.54, 1.807) is 11.9 Å². The van der Waals surface area contributed by atoms with Gasteiger partial charge in [-0.25, -0.2) is 4.79 Å². The van der Waals surface area contributed by atoms with E-state index in [2.05, 4.69) is 12.2 Å². The molecule has 0 atom stereocenters. The van der Waals surface area contributed by atoms with E-state index in [1.165, 1.54) is 102 Å². The number of nitrogens with one attached hydrogen (secondary N) is 1. The van der Waals surface area contributed by atoms with Crippen LogP contribution in [0.4, 0.5) is 10.5 Å². The number of phenols is 1. The maximum atomic E-state index is 12.2. The zero-order valence-corrected chi connectivity index (χ0v) is 20.5.